The molecule has 0 fully saturated rings. The van der Waals surface area contributed by atoms with Gasteiger partial charge >= 0.3 is 31.3 Å². The maximum Gasteiger partial charge on any atom is 0.522 e. The standard InChI is InChI=1S/2CHF3O3S.Sc/c2*2-1(3,4)8(5,6)7;/h2*(H,5,6,7);. The second-order valence-electron chi connectivity index (χ2n) is 1.84. The predicted octanol–water partition coefficient (Wildman–Crippen LogP) is 0.786. The number of rotatable bonds is 0. The average Bonchev–Trinajstić information content (AvgIpc) is 1.77. The average molecular weight is 345 g/mol. The Balaban J connectivity index is -0.000000218. The molecule has 0 saturated carbocycles. The molecule has 1 radical (unpaired) electrons. The van der Waals surface area contributed by atoms with Crippen LogP contribution in [0.1, 0.15) is 0 Å². The van der Waals surface area contributed by atoms with Crippen molar-refractivity contribution in [1.29, 1.82) is 0 Å². The first kappa shape index (κ1) is 22.5. The molecule has 15 heteroatoms. The molecule has 17 heavy (non-hydrogen) atoms. The van der Waals surface area contributed by atoms with Crippen molar-refractivity contribution in [3.63, 3.8) is 0 Å². The molecular formula is C2H2F6O6S2Sc. The number of hydrogen-bond acceptors (Lipinski definition) is 4. The van der Waals surface area contributed by atoms with Crippen LogP contribution in [-0.2, 0) is 46.1 Å². The topological polar surface area (TPSA) is 109 Å². The van der Waals surface area contributed by atoms with E-state index in [0.717, 1.165) is 0 Å². The van der Waals surface area contributed by atoms with E-state index in [1.807, 2.05) is 0 Å². The van der Waals surface area contributed by atoms with Crippen LogP contribution in [0.2, 0.25) is 0 Å². The molecule has 0 rings (SSSR count). The fourth-order valence-electron chi connectivity index (χ4n) is 0. The largest absolute Gasteiger partial charge is 0.522 e. The molecule has 6 nitrogen and oxygen atoms in total. The van der Waals surface area contributed by atoms with Crippen molar-refractivity contribution < 1.29 is 78.1 Å². The maximum absolute atomic E-state index is 10.7. The molecule has 0 aliphatic rings. The molecular weight excluding hydrogens is 343 g/mol. The molecule has 0 saturated heterocycles. The fourth-order valence-corrected chi connectivity index (χ4v) is 0. The van der Waals surface area contributed by atoms with Crippen LogP contribution >= 0.6 is 0 Å². The summed E-state index contributed by atoms with van der Waals surface area (Å²) < 4.78 is 115. The van der Waals surface area contributed by atoms with Gasteiger partial charge in [0.25, 0.3) is 0 Å². The normalized spacial score (nSPS) is 13.2. The zero-order valence-electron chi connectivity index (χ0n) is 7.19. The van der Waals surface area contributed by atoms with Gasteiger partial charge in [0.05, 0.1) is 0 Å². The summed E-state index contributed by atoms with van der Waals surface area (Å²) in [5.74, 6) is 0. The van der Waals surface area contributed by atoms with E-state index in [-0.39, 0.29) is 25.8 Å². The summed E-state index contributed by atoms with van der Waals surface area (Å²) in [5.41, 5.74) is -11.1. The fraction of sp³-hybridized carbons (Fsp3) is 1.00. The van der Waals surface area contributed by atoms with E-state index in [0.29, 0.717) is 0 Å². The Morgan fingerprint density at radius 2 is 0.706 bits per heavy atom. The first-order valence-corrected chi connectivity index (χ1v) is 5.45. The minimum absolute atomic E-state index is 0. The summed E-state index contributed by atoms with van der Waals surface area (Å²) >= 11 is 0. The second-order valence-corrected chi connectivity index (χ2v) is 4.67. The third-order valence-electron chi connectivity index (χ3n) is 0.585. The Kier molecular flexibility index (Phi) is 8.51. The van der Waals surface area contributed by atoms with E-state index < -0.39 is 31.3 Å². The van der Waals surface area contributed by atoms with Gasteiger partial charge in [-0.2, -0.15) is 43.2 Å². The van der Waals surface area contributed by atoms with E-state index in [4.69, 9.17) is 25.9 Å². The predicted molar refractivity (Wildman–Crippen MR) is 35.2 cm³/mol. The van der Waals surface area contributed by atoms with Crippen LogP contribution in [0.4, 0.5) is 26.3 Å². The first-order valence-electron chi connectivity index (χ1n) is 2.57. The van der Waals surface area contributed by atoms with Gasteiger partial charge < -0.3 is 0 Å². The maximum atomic E-state index is 10.7. The molecule has 0 bridgehead atoms. The third-order valence-corrected chi connectivity index (χ3v) is 1.75. The van der Waals surface area contributed by atoms with Crippen molar-refractivity contribution in [2.24, 2.45) is 0 Å². The van der Waals surface area contributed by atoms with Gasteiger partial charge in [-0.25, -0.2) is 0 Å². The van der Waals surface area contributed by atoms with Gasteiger partial charge in [-0.05, 0) is 0 Å². The molecule has 0 spiro atoms. The van der Waals surface area contributed by atoms with Crippen molar-refractivity contribution in [1.82, 2.24) is 0 Å². The number of hydrogen-bond donors (Lipinski definition) is 2. The van der Waals surface area contributed by atoms with Crippen LogP contribution in [0.3, 0.4) is 0 Å². The number of halogens is 6. The van der Waals surface area contributed by atoms with Gasteiger partial charge in [-0.1, -0.05) is 0 Å². The van der Waals surface area contributed by atoms with Crippen LogP contribution in [0, 0.1) is 0 Å². The second kappa shape index (κ2) is 6.44. The Morgan fingerprint density at radius 1 is 0.647 bits per heavy atom. The van der Waals surface area contributed by atoms with Crippen LogP contribution in [0.25, 0.3) is 0 Å². The van der Waals surface area contributed by atoms with Crippen LogP contribution in [-0.4, -0.2) is 37.0 Å². The summed E-state index contributed by atoms with van der Waals surface area (Å²) in [6, 6.07) is 0. The van der Waals surface area contributed by atoms with Crippen molar-refractivity contribution >= 4 is 20.2 Å². The Morgan fingerprint density at radius 3 is 0.706 bits per heavy atom. The molecule has 0 aromatic rings. The van der Waals surface area contributed by atoms with Gasteiger partial charge in [0.1, 0.15) is 0 Å². The van der Waals surface area contributed by atoms with Crippen molar-refractivity contribution in [3.8, 4) is 0 Å². The minimum Gasteiger partial charge on any atom is -0.279 e. The van der Waals surface area contributed by atoms with Gasteiger partial charge in [0.2, 0.25) is 0 Å². The van der Waals surface area contributed by atoms with Crippen molar-refractivity contribution in [2.45, 2.75) is 11.0 Å². The van der Waals surface area contributed by atoms with E-state index >= 15 is 0 Å². The molecule has 103 valence electrons. The van der Waals surface area contributed by atoms with Crippen LogP contribution in [0.15, 0.2) is 0 Å². The van der Waals surface area contributed by atoms with Gasteiger partial charge in [0, 0.05) is 25.8 Å². The number of alkyl halides is 6. The quantitative estimate of drug-likeness (QED) is 0.382. The summed E-state index contributed by atoms with van der Waals surface area (Å²) in [4.78, 5) is 0. The monoisotopic (exact) mass is 345 g/mol. The zero-order chi connectivity index (χ0) is 14.0. The Hall–Kier alpha value is 0.270. The molecule has 0 aromatic carbocycles. The molecule has 0 heterocycles. The molecule has 0 atom stereocenters. The summed E-state index contributed by atoms with van der Waals surface area (Å²) in [6.07, 6.45) is 0. The smallest absolute Gasteiger partial charge is 0.279 e. The SMILES string of the molecule is O=S(=O)(O)C(F)(F)F.O=S(=O)(O)C(F)(F)F.[Sc]. The molecule has 2 N–H and O–H groups in total. The summed E-state index contributed by atoms with van der Waals surface area (Å²) in [5, 5.41) is 0. The van der Waals surface area contributed by atoms with E-state index in [2.05, 4.69) is 0 Å². The molecule has 0 aliphatic carbocycles. The molecule has 0 unspecified atom stereocenters. The third kappa shape index (κ3) is 9.93. The van der Waals surface area contributed by atoms with Crippen molar-refractivity contribution in [3.05, 3.63) is 0 Å². The molecule has 0 aromatic heterocycles. The molecule has 0 amide bonds. The zero-order valence-corrected chi connectivity index (χ0v) is 10.6. The minimum atomic E-state index is -5.84. The summed E-state index contributed by atoms with van der Waals surface area (Å²) in [7, 11) is -11.7. The van der Waals surface area contributed by atoms with Crippen LogP contribution < -0.4 is 0 Å². The van der Waals surface area contributed by atoms with E-state index in [9.17, 15) is 26.3 Å². The Labute approximate surface area is 109 Å². The van der Waals surface area contributed by atoms with E-state index in [1.165, 1.54) is 0 Å². The van der Waals surface area contributed by atoms with E-state index in [1.54, 1.807) is 0 Å². The van der Waals surface area contributed by atoms with Gasteiger partial charge in [-0.15, -0.1) is 0 Å². The summed E-state index contributed by atoms with van der Waals surface area (Å²) in [6.45, 7) is 0. The van der Waals surface area contributed by atoms with Crippen LogP contribution in [0.5, 0.6) is 0 Å². The molecule has 0 aliphatic heterocycles. The van der Waals surface area contributed by atoms with Crippen molar-refractivity contribution in [2.75, 3.05) is 0 Å². The first-order chi connectivity index (χ1) is 6.50. The van der Waals surface area contributed by atoms with Gasteiger partial charge in [0.15, 0.2) is 0 Å². The Bertz CT molecular complexity index is 374. The van der Waals surface area contributed by atoms with Gasteiger partial charge in [-0.3, -0.25) is 9.11 Å².